The van der Waals surface area contributed by atoms with Crippen molar-refractivity contribution in [1.29, 1.82) is 0 Å². The first-order valence-electron chi connectivity index (χ1n) is 5.93. The first-order chi connectivity index (χ1) is 8.30. The molecule has 0 saturated heterocycles. The molecule has 5 nitrogen and oxygen atoms in total. The lowest BCUT2D eigenvalue weighted by Gasteiger charge is -2.27. The second kappa shape index (κ2) is 5.77. The van der Waals surface area contributed by atoms with Gasteiger partial charge < -0.3 is 5.73 Å². The van der Waals surface area contributed by atoms with Gasteiger partial charge in [0.05, 0.1) is 5.69 Å². The van der Waals surface area contributed by atoms with Gasteiger partial charge in [0.2, 0.25) is 10.0 Å². The monoisotopic (exact) mass is 271 g/mol. The first-order valence-corrected chi connectivity index (χ1v) is 7.37. The molecule has 0 aromatic carbocycles. The Balaban J connectivity index is 3.05. The fourth-order valence-corrected chi connectivity index (χ4v) is 2.93. The number of hydrogen-bond acceptors (Lipinski definition) is 4. The Morgan fingerprint density at radius 2 is 1.94 bits per heavy atom. The van der Waals surface area contributed by atoms with Gasteiger partial charge in [0, 0.05) is 25.8 Å². The maximum atomic E-state index is 12.3. The fourth-order valence-electron chi connectivity index (χ4n) is 1.49. The quantitative estimate of drug-likeness (QED) is 0.873. The molecule has 0 fully saturated rings. The highest BCUT2D eigenvalue weighted by atomic mass is 32.2. The lowest BCUT2D eigenvalue weighted by molar-refractivity contribution is 0.315. The molecule has 18 heavy (non-hydrogen) atoms. The molecule has 1 rings (SSSR count). The van der Waals surface area contributed by atoms with Crippen molar-refractivity contribution in [2.75, 3.05) is 7.05 Å². The molecule has 1 aromatic rings. The predicted octanol–water partition coefficient (Wildman–Crippen LogP) is 1.21. The van der Waals surface area contributed by atoms with Crippen molar-refractivity contribution in [2.24, 2.45) is 11.7 Å². The molecular formula is C12H21N3O2S. The summed E-state index contributed by atoms with van der Waals surface area (Å²) in [6.45, 7) is 6.18. The van der Waals surface area contributed by atoms with E-state index >= 15 is 0 Å². The summed E-state index contributed by atoms with van der Waals surface area (Å²) in [5.41, 5.74) is 6.11. The van der Waals surface area contributed by atoms with E-state index in [0.717, 1.165) is 0 Å². The van der Waals surface area contributed by atoms with Crippen molar-refractivity contribution in [2.45, 2.75) is 38.3 Å². The molecule has 0 amide bonds. The number of hydrogen-bond donors (Lipinski definition) is 1. The van der Waals surface area contributed by atoms with Gasteiger partial charge in [-0.25, -0.2) is 8.42 Å². The van der Waals surface area contributed by atoms with Crippen LogP contribution in [0.2, 0.25) is 0 Å². The van der Waals surface area contributed by atoms with Crippen LogP contribution in [0.4, 0.5) is 0 Å². The molecule has 0 aliphatic carbocycles. The minimum atomic E-state index is -3.48. The second-order valence-electron chi connectivity index (χ2n) is 4.70. The number of nitrogens with two attached hydrogens (primary N) is 1. The van der Waals surface area contributed by atoms with E-state index in [-0.39, 0.29) is 16.9 Å². The van der Waals surface area contributed by atoms with E-state index in [0.29, 0.717) is 12.2 Å². The number of sulfonamides is 1. The molecule has 0 saturated carbocycles. The third-order valence-corrected chi connectivity index (χ3v) is 5.15. The third-order valence-electron chi connectivity index (χ3n) is 3.22. The lowest BCUT2D eigenvalue weighted by Crippen LogP contribution is -2.38. The van der Waals surface area contributed by atoms with Gasteiger partial charge in [-0.2, -0.15) is 4.31 Å². The van der Waals surface area contributed by atoms with E-state index in [9.17, 15) is 8.42 Å². The molecular weight excluding hydrogens is 250 g/mol. The van der Waals surface area contributed by atoms with Gasteiger partial charge in [0.1, 0.15) is 4.90 Å². The van der Waals surface area contributed by atoms with Crippen LogP contribution in [0.1, 0.15) is 26.5 Å². The largest absolute Gasteiger partial charge is 0.325 e. The Morgan fingerprint density at radius 3 is 2.33 bits per heavy atom. The summed E-state index contributed by atoms with van der Waals surface area (Å²) in [5.74, 6) is 0.251. The zero-order valence-electron chi connectivity index (χ0n) is 11.3. The Hall–Kier alpha value is -0.980. The molecule has 102 valence electrons. The molecule has 0 aliphatic heterocycles. The van der Waals surface area contributed by atoms with Crippen LogP contribution in [0.25, 0.3) is 0 Å². The van der Waals surface area contributed by atoms with Crippen LogP contribution in [-0.4, -0.2) is 30.8 Å². The second-order valence-corrected chi connectivity index (χ2v) is 6.69. The molecule has 1 heterocycles. The normalized spacial score (nSPS) is 14.2. The summed E-state index contributed by atoms with van der Waals surface area (Å²) in [5, 5.41) is 0. The standard InChI is InChI=1S/C12H21N3O2S/c1-9(2)10(3)15(4)18(16,17)12-6-5-11(7-13)14-8-12/h5-6,8-10H,7,13H2,1-4H3. The van der Waals surface area contributed by atoms with Gasteiger partial charge in [0.25, 0.3) is 0 Å². The highest BCUT2D eigenvalue weighted by Gasteiger charge is 2.27. The fraction of sp³-hybridized carbons (Fsp3) is 0.583. The van der Waals surface area contributed by atoms with Crippen LogP contribution < -0.4 is 5.73 Å². The highest BCUT2D eigenvalue weighted by Crippen LogP contribution is 2.19. The Bertz CT molecular complexity index is 483. The average Bonchev–Trinajstić information content (AvgIpc) is 2.36. The van der Waals surface area contributed by atoms with Crippen LogP contribution in [0.3, 0.4) is 0 Å². The SMILES string of the molecule is CC(C)C(C)N(C)S(=O)(=O)c1ccc(CN)nc1. The topological polar surface area (TPSA) is 76.3 Å². The maximum Gasteiger partial charge on any atom is 0.244 e. The summed E-state index contributed by atoms with van der Waals surface area (Å²) >= 11 is 0. The van der Waals surface area contributed by atoms with Crippen LogP contribution in [0.5, 0.6) is 0 Å². The minimum Gasteiger partial charge on any atom is -0.325 e. The van der Waals surface area contributed by atoms with Gasteiger partial charge in [-0.3, -0.25) is 4.98 Å². The van der Waals surface area contributed by atoms with Crippen LogP contribution in [0.15, 0.2) is 23.2 Å². The van der Waals surface area contributed by atoms with E-state index in [1.165, 1.54) is 10.5 Å². The van der Waals surface area contributed by atoms with Crippen molar-refractivity contribution >= 4 is 10.0 Å². The number of aromatic nitrogens is 1. The molecule has 1 aromatic heterocycles. The molecule has 0 radical (unpaired) electrons. The molecule has 0 spiro atoms. The summed E-state index contributed by atoms with van der Waals surface area (Å²) in [7, 11) is -1.88. The molecule has 2 N–H and O–H groups in total. The smallest absolute Gasteiger partial charge is 0.244 e. The van der Waals surface area contributed by atoms with Crippen molar-refractivity contribution in [3.05, 3.63) is 24.0 Å². The van der Waals surface area contributed by atoms with Crippen LogP contribution >= 0.6 is 0 Å². The molecule has 1 unspecified atom stereocenters. The molecule has 0 aliphatic rings. The zero-order chi connectivity index (χ0) is 13.9. The molecule has 0 bridgehead atoms. The predicted molar refractivity (Wildman–Crippen MR) is 71.4 cm³/mol. The molecule has 6 heteroatoms. The molecule has 1 atom stereocenters. The van der Waals surface area contributed by atoms with Gasteiger partial charge in [-0.1, -0.05) is 13.8 Å². The average molecular weight is 271 g/mol. The number of pyridine rings is 1. The minimum absolute atomic E-state index is 0.0656. The van der Waals surface area contributed by atoms with Gasteiger partial charge in [0.15, 0.2) is 0 Å². The summed E-state index contributed by atoms with van der Waals surface area (Å²) in [6.07, 6.45) is 1.36. The van der Waals surface area contributed by atoms with Crippen LogP contribution in [0, 0.1) is 5.92 Å². The summed E-state index contributed by atoms with van der Waals surface area (Å²) < 4.78 is 26.1. The summed E-state index contributed by atoms with van der Waals surface area (Å²) in [6, 6.07) is 3.12. The third kappa shape index (κ3) is 3.07. The van der Waals surface area contributed by atoms with E-state index < -0.39 is 10.0 Å². The lowest BCUT2D eigenvalue weighted by atomic mass is 10.1. The number of nitrogens with zero attached hydrogens (tertiary/aromatic N) is 2. The summed E-state index contributed by atoms with van der Waals surface area (Å²) in [4.78, 5) is 4.22. The van der Waals surface area contributed by atoms with Crippen LogP contribution in [-0.2, 0) is 16.6 Å². The van der Waals surface area contributed by atoms with Crippen molar-refractivity contribution < 1.29 is 8.42 Å². The first kappa shape index (κ1) is 15.1. The number of rotatable bonds is 5. The van der Waals surface area contributed by atoms with Crippen molar-refractivity contribution in [3.8, 4) is 0 Å². The highest BCUT2D eigenvalue weighted by molar-refractivity contribution is 7.89. The Kier molecular flexibility index (Phi) is 4.84. The van der Waals surface area contributed by atoms with E-state index in [1.54, 1.807) is 19.2 Å². The zero-order valence-corrected chi connectivity index (χ0v) is 12.1. The van der Waals surface area contributed by atoms with Gasteiger partial charge >= 0.3 is 0 Å². The van der Waals surface area contributed by atoms with Gasteiger partial charge in [-0.05, 0) is 25.0 Å². The van der Waals surface area contributed by atoms with Crippen molar-refractivity contribution in [3.63, 3.8) is 0 Å². The van der Waals surface area contributed by atoms with E-state index in [4.69, 9.17) is 5.73 Å². The maximum absolute atomic E-state index is 12.3. The Morgan fingerprint density at radius 1 is 1.33 bits per heavy atom. The van der Waals surface area contributed by atoms with E-state index in [1.807, 2.05) is 20.8 Å². The van der Waals surface area contributed by atoms with Crippen molar-refractivity contribution in [1.82, 2.24) is 9.29 Å². The van der Waals surface area contributed by atoms with E-state index in [2.05, 4.69) is 4.98 Å². The van der Waals surface area contributed by atoms with Gasteiger partial charge in [-0.15, -0.1) is 0 Å². The Labute approximate surface area is 109 Å².